The highest BCUT2D eigenvalue weighted by molar-refractivity contribution is 7.89. The summed E-state index contributed by atoms with van der Waals surface area (Å²) in [5.74, 6) is 0. The van der Waals surface area contributed by atoms with Crippen LogP contribution >= 0.6 is 0 Å². The minimum absolute atomic E-state index is 0.0389. The molecule has 4 N–H and O–H groups in total. The molecule has 0 radical (unpaired) electrons. The van der Waals surface area contributed by atoms with Crippen LogP contribution in [0.15, 0.2) is 17.3 Å². The van der Waals surface area contributed by atoms with Gasteiger partial charge in [0.05, 0.1) is 6.20 Å². The first-order valence-corrected chi connectivity index (χ1v) is 6.28. The van der Waals surface area contributed by atoms with Gasteiger partial charge in [-0.3, -0.25) is 5.10 Å². The molecule has 1 aromatic heterocycles. The average Bonchev–Trinajstić information content (AvgIpc) is 2.70. The number of nitrogens with two attached hydrogens (primary N) is 1. The molecule has 0 saturated carbocycles. The van der Waals surface area contributed by atoms with Gasteiger partial charge in [0.25, 0.3) is 0 Å². The topological polar surface area (TPSA) is 101 Å². The van der Waals surface area contributed by atoms with Gasteiger partial charge in [-0.05, 0) is 12.8 Å². The number of aromatic amines is 1. The van der Waals surface area contributed by atoms with Gasteiger partial charge in [-0.25, -0.2) is 13.1 Å². The lowest BCUT2D eigenvalue weighted by atomic mass is 10.2. The maximum absolute atomic E-state index is 11.6. The van der Waals surface area contributed by atoms with Crippen molar-refractivity contribution in [3.8, 4) is 0 Å². The molecule has 6 nitrogen and oxygen atoms in total. The summed E-state index contributed by atoms with van der Waals surface area (Å²) in [6, 6.07) is 0.0389. The molecular weight excluding hydrogens is 216 g/mol. The smallest absolute Gasteiger partial charge is 0.243 e. The van der Waals surface area contributed by atoms with Gasteiger partial charge in [-0.1, -0.05) is 6.92 Å². The molecule has 1 heterocycles. The molecule has 86 valence electrons. The zero-order valence-corrected chi connectivity index (χ0v) is 9.42. The molecule has 15 heavy (non-hydrogen) atoms. The fourth-order valence-corrected chi connectivity index (χ4v) is 2.00. The second kappa shape index (κ2) is 5.24. The van der Waals surface area contributed by atoms with E-state index < -0.39 is 10.0 Å². The summed E-state index contributed by atoms with van der Waals surface area (Å²) >= 11 is 0. The first kappa shape index (κ1) is 12.2. The molecule has 0 bridgehead atoms. The highest BCUT2D eigenvalue weighted by atomic mass is 32.2. The summed E-state index contributed by atoms with van der Waals surface area (Å²) in [6.45, 7) is 2.32. The average molecular weight is 232 g/mol. The zero-order valence-electron chi connectivity index (χ0n) is 8.60. The van der Waals surface area contributed by atoms with Crippen molar-refractivity contribution in [1.29, 1.82) is 0 Å². The van der Waals surface area contributed by atoms with Crippen LogP contribution in [0.5, 0.6) is 0 Å². The van der Waals surface area contributed by atoms with Crippen molar-refractivity contribution >= 4 is 10.0 Å². The standard InChI is InChI=1S/C8H16N4O2S/c1-2-7(9)3-4-12-15(13,14)8-5-10-11-6-8/h5-7,12H,2-4,9H2,1H3,(H,10,11). The summed E-state index contributed by atoms with van der Waals surface area (Å²) < 4.78 is 25.6. The van der Waals surface area contributed by atoms with Crippen LogP contribution in [0.3, 0.4) is 0 Å². The van der Waals surface area contributed by atoms with Gasteiger partial charge >= 0.3 is 0 Å². The van der Waals surface area contributed by atoms with E-state index in [4.69, 9.17) is 5.73 Å². The van der Waals surface area contributed by atoms with Gasteiger partial charge in [-0.2, -0.15) is 5.10 Å². The van der Waals surface area contributed by atoms with Crippen molar-refractivity contribution in [3.63, 3.8) is 0 Å². The Morgan fingerprint density at radius 3 is 2.93 bits per heavy atom. The van der Waals surface area contributed by atoms with E-state index in [9.17, 15) is 8.42 Å². The van der Waals surface area contributed by atoms with E-state index in [-0.39, 0.29) is 10.9 Å². The number of nitrogens with one attached hydrogen (secondary N) is 2. The highest BCUT2D eigenvalue weighted by Gasteiger charge is 2.14. The summed E-state index contributed by atoms with van der Waals surface area (Å²) in [6.07, 6.45) is 4.07. The van der Waals surface area contributed by atoms with E-state index >= 15 is 0 Å². The van der Waals surface area contributed by atoms with Crippen molar-refractivity contribution in [3.05, 3.63) is 12.4 Å². The third-order valence-electron chi connectivity index (χ3n) is 2.12. The van der Waals surface area contributed by atoms with Crippen LogP contribution in [0.25, 0.3) is 0 Å². The first-order chi connectivity index (χ1) is 7.06. The van der Waals surface area contributed by atoms with Crippen molar-refractivity contribution in [2.75, 3.05) is 6.54 Å². The van der Waals surface area contributed by atoms with Gasteiger partial charge in [0, 0.05) is 18.8 Å². The van der Waals surface area contributed by atoms with Crippen LogP contribution in [0.2, 0.25) is 0 Å². The Morgan fingerprint density at radius 2 is 2.40 bits per heavy atom. The van der Waals surface area contributed by atoms with E-state index in [1.165, 1.54) is 12.4 Å². The Balaban J connectivity index is 2.45. The molecule has 0 spiro atoms. The maximum Gasteiger partial charge on any atom is 0.243 e. The molecule has 0 fully saturated rings. The van der Waals surface area contributed by atoms with Gasteiger partial charge in [0.2, 0.25) is 10.0 Å². The Bertz CT molecular complexity index is 373. The fraction of sp³-hybridized carbons (Fsp3) is 0.625. The SMILES string of the molecule is CCC(N)CCNS(=O)(=O)c1cn[nH]c1. The lowest BCUT2D eigenvalue weighted by Gasteiger charge is -2.08. The summed E-state index contributed by atoms with van der Waals surface area (Å²) in [5.41, 5.74) is 5.67. The van der Waals surface area contributed by atoms with Crippen LogP contribution in [-0.2, 0) is 10.0 Å². The molecule has 0 aliphatic rings. The quantitative estimate of drug-likeness (QED) is 0.633. The summed E-state index contributed by atoms with van der Waals surface area (Å²) in [7, 11) is -3.42. The Kier molecular flexibility index (Phi) is 4.25. The second-order valence-corrected chi connectivity index (χ2v) is 5.06. The molecule has 0 amide bonds. The number of H-pyrrole nitrogens is 1. The van der Waals surface area contributed by atoms with Gasteiger partial charge in [0.1, 0.15) is 4.90 Å². The van der Waals surface area contributed by atoms with E-state index in [0.717, 1.165) is 6.42 Å². The van der Waals surface area contributed by atoms with E-state index in [2.05, 4.69) is 14.9 Å². The third-order valence-corrected chi connectivity index (χ3v) is 3.54. The number of nitrogens with zero attached hydrogens (tertiary/aromatic N) is 1. The van der Waals surface area contributed by atoms with Gasteiger partial charge < -0.3 is 5.73 Å². The predicted octanol–water partition coefficient (Wildman–Crippen LogP) is -0.185. The van der Waals surface area contributed by atoms with Crippen LogP contribution in [0, 0.1) is 0 Å². The summed E-state index contributed by atoms with van der Waals surface area (Å²) in [5, 5.41) is 6.03. The molecule has 1 unspecified atom stereocenters. The lowest BCUT2D eigenvalue weighted by Crippen LogP contribution is -2.29. The molecule has 1 atom stereocenters. The van der Waals surface area contributed by atoms with Crippen LogP contribution < -0.4 is 10.5 Å². The zero-order chi connectivity index (χ0) is 11.3. The van der Waals surface area contributed by atoms with E-state index in [0.29, 0.717) is 13.0 Å². The van der Waals surface area contributed by atoms with E-state index in [1.54, 1.807) is 0 Å². The number of hydrogen-bond donors (Lipinski definition) is 3. The molecule has 0 aromatic carbocycles. The van der Waals surface area contributed by atoms with E-state index in [1.807, 2.05) is 6.92 Å². The Morgan fingerprint density at radius 1 is 1.67 bits per heavy atom. The third kappa shape index (κ3) is 3.61. The normalized spacial score (nSPS) is 14.0. The molecule has 7 heteroatoms. The molecule has 1 aromatic rings. The van der Waals surface area contributed by atoms with Crippen molar-refractivity contribution < 1.29 is 8.42 Å². The largest absolute Gasteiger partial charge is 0.328 e. The molecule has 0 aliphatic heterocycles. The predicted molar refractivity (Wildman–Crippen MR) is 56.7 cm³/mol. The first-order valence-electron chi connectivity index (χ1n) is 4.80. The van der Waals surface area contributed by atoms with Crippen LogP contribution in [0.1, 0.15) is 19.8 Å². The van der Waals surface area contributed by atoms with Crippen molar-refractivity contribution in [1.82, 2.24) is 14.9 Å². The number of hydrogen-bond acceptors (Lipinski definition) is 4. The van der Waals surface area contributed by atoms with Gasteiger partial charge in [-0.15, -0.1) is 0 Å². The summed E-state index contributed by atoms with van der Waals surface area (Å²) in [4.78, 5) is 0.146. The maximum atomic E-state index is 11.6. The highest BCUT2D eigenvalue weighted by Crippen LogP contribution is 2.04. The van der Waals surface area contributed by atoms with Crippen molar-refractivity contribution in [2.45, 2.75) is 30.7 Å². The number of aromatic nitrogens is 2. The van der Waals surface area contributed by atoms with Crippen LogP contribution in [0.4, 0.5) is 0 Å². The van der Waals surface area contributed by atoms with Crippen LogP contribution in [-0.4, -0.2) is 31.2 Å². The Labute approximate surface area is 89.3 Å². The monoisotopic (exact) mass is 232 g/mol. The molecule has 1 rings (SSSR count). The molecular formula is C8H16N4O2S. The molecule has 0 saturated heterocycles. The second-order valence-electron chi connectivity index (χ2n) is 3.29. The minimum Gasteiger partial charge on any atom is -0.328 e. The number of rotatable bonds is 6. The minimum atomic E-state index is -3.42. The van der Waals surface area contributed by atoms with Gasteiger partial charge in [0.15, 0.2) is 0 Å². The van der Waals surface area contributed by atoms with Crippen molar-refractivity contribution in [2.24, 2.45) is 5.73 Å². The Hall–Kier alpha value is -0.920. The number of sulfonamides is 1. The molecule has 0 aliphatic carbocycles. The lowest BCUT2D eigenvalue weighted by molar-refractivity contribution is 0.558. The fourth-order valence-electron chi connectivity index (χ4n) is 1.05.